The van der Waals surface area contributed by atoms with Crippen molar-refractivity contribution in [2.75, 3.05) is 10.1 Å². The second-order valence-electron chi connectivity index (χ2n) is 5.84. The summed E-state index contributed by atoms with van der Waals surface area (Å²) in [4.78, 5) is 14.8. The van der Waals surface area contributed by atoms with Crippen LogP contribution in [-0.4, -0.2) is 31.5 Å². The lowest BCUT2D eigenvalue weighted by atomic mass is 10.2. The SMILES string of the molecule is CCS(=O)(=O)N(Cc1ccc(CNNC(=O)C(F)F)cn1)c1cc(F)cc(F)c1. The van der Waals surface area contributed by atoms with E-state index in [0.717, 1.165) is 16.4 Å². The first kappa shape index (κ1) is 22.6. The van der Waals surface area contributed by atoms with Gasteiger partial charge in [-0.15, -0.1) is 0 Å². The van der Waals surface area contributed by atoms with Crippen molar-refractivity contribution in [1.82, 2.24) is 15.8 Å². The smallest absolute Gasteiger partial charge is 0.286 e. The summed E-state index contributed by atoms with van der Waals surface area (Å²) < 4.78 is 76.9. The Labute approximate surface area is 164 Å². The second kappa shape index (κ2) is 9.65. The Morgan fingerprint density at radius 1 is 1.17 bits per heavy atom. The molecule has 7 nitrogen and oxygen atoms in total. The highest BCUT2D eigenvalue weighted by Gasteiger charge is 2.23. The monoisotopic (exact) mass is 434 g/mol. The number of nitrogens with zero attached hydrogens (tertiary/aromatic N) is 2. The van der Waals surface area contributed by atoms with Gasteiger partial charge in [-0.25, -0.2) is 22.6 Å². The van der Waals surface area contributed by atoms with Crippen LogP contribution in [0.15, 0.2) is 36.5 Å². The van der Waals surface area contributed by atoms with Gasteiger partial charge in [-0.1, -0.05) is 6.07 Å². The molecule has 12 heteroatoms. The summed E-state index contributed by atoms with van der Waals surface area (Å²) in [5, 5.41) is 0. The summed E-state index contributed by atoms with van der Waals surface area (Å²) in [6.45, 7) is 1.13. The molecule has 158 valence electrons. The maximum atomic E-state index is 13.5. The van der Waals surface area contributed by atoms with E-state index in [-0.39, 0.29) is 30.2 Å². The van der Waals surface area contributed by atoms with Crippen LogP contribution in [0.3, 0.4) is 0 Å². The second-order valence-corrected chi connectivity index (χ2v) is 8.02. The predicted molar refractivity (Wildman–Crippen MR) is 97.2 cm³/mol. The molecule has 2 aromatic rings. The maximum absolute atomic E-state index is 13.5. The van der Waals surface area contributed by atoms with E-state index in [1.54, 1.807) is 0 Å². The van der Waals surface area contributed by atoms with E-state index in [4.69, 9.17) is 0 Å². The Morgan fingerprint density at radius 2 is 1.83 bits per heavy atom. The largest absolute Gasteiger partial charge is 0.316 e. The first-order valence-electron chi connectivity index (χ1n) is 8.33. The number of amides is 1. The van der Waals surface area contributed by atoms with Gasteiger partial charge in [0.2, 0.25) is 10.0 Å². The van der Waals surface area contributed by atoms with Crippen molar-refractivity contribution in [2.24, 2.45) is 0 Å². The Bertz CT molecular complexity index is 935. The van der Waals surface area contributed by atoms with E-state index in [1.165, 1.54) is 25.3 Å². The Morgan fingerprint density at radius 3 is 2.34 bits per heavy atom. The van der Waals surface area contributed by atoms with E-state index < -0.39 is 34.0 Å². The molecule has 1 aromatic carbocycles. The third-order valence-electron chi connectivity index (χ3n) is 3.73. The third kappa shape index (κ3) is 6.39. The number of hydrazine groups is 1. The van der Waals surface area contributed by atoms with E-state index >= 15 is 0 Å². The molecular formula is C17H18F4N4O3S. The normalized spacial score (nSPS) is 11.5. The lowest BCUT2D eigenvalue weighted by Gasteiger charge is -2.23. The fourth-order valence-corrected chi connectivity index (χ4v) is 3.34. The standard InChI is InChI=1S/C17H18F4N4O3S/c1-2-29(27,28)25(15-6-12(18)5-13(19)7-15)10-14-4-3-11(8-22-14)9-23-24-17(26)16(20)21/h3-8,16,23H,2,9-10H2,1H3,(H,24,26). The van der Waals surface area contributed by atoms with Crippen LogP contribution in [0.25, 0.3) is 0 Å². The molecule has 29 heavy (non-hydrogen) atoms. The number of benzene rings is 1. The molecule has 0 aliphatic carbocycles. The van der Waals surface area contributed by atoms with Crippen molar-refractivity contribution in [3.05, 3.63) is 59.4 Å². The number of hydrogen-bond acceptors (Lipinski definition) is 5. The summed E-state index contributed by atoms with van der Waals surface area (Å²) >= 11 is 0. The minimum absolute atomic E-state index is 0.00216. The van der Waals surface area contributed by atoms with Gasteiger partial charge < -0.3 is 0 Å². The Kier molecular flexibility index (Phi) is 7.51. The van der Waals surface area contributed by atoms with Crippen LogP contribution >= 0.6 is 0 Å². The number of hydrogen-bond donors (Lipinski definition) is 2. The van der Waals surface area contributed by atoms with E-state index in [2.05, 4.69) is 10.4 Å². The average molecular weight is 434 g/mol. The van der Waals surface area contributed by atoms with Crippen LogP contribution in [0.4, 0.5) is 23.2 Å². The minimum atomic E-state index is -3.86. The number of nitrogens with one attached hydrogen (secondary N) is 2. The van der Waals surface area contributed by atoms with Gasteiger partial charge in [-0.3, -0.25) is 19.5 Å². The molecule has 0 fully saturated rings. The molecule has 0 spiro atoms. The van der Waals surface area contributed by atoms with Gasteiger partial charge in [0.1, 0.15) is 11.6 Å². The van der Waals surface area contributed by atoms with Crippen LogP contribution in [0.2, 0.25) is 0 Å². The molecule has 0 aliphatic heterocycles. The zero-order valence-corrected chi connectivity index (χ0v) is 16.0. The van der Waals surface area contributed by atoms with Crippen LogP contribution in [-0.2, 0) is 27.9 Å². The highest BCUT2D eigenvalue weighted by molar-refractivity contribution is 7.92. The lowest BCUT2D eigenvalue weighted by molar-refractivity contribution is -0.132. The number of carbonyl (C=O) groups excluding carboxylic acids is 1. The number of alkyl halides is 2. The number of halogens is 4. The number of carbonyl (C=O) groups is 1. The van der Waals surface area contributed by atoms with Crippen LogP contribution in [0.1, 0.15) is 18.2 Å². The van der Waals surface area contributed by atoms with Gasteiger partial charge in [-0.2, -0.15) is 8.78 Å². The first-order valence-corrected chi connectivity index (χ1v) is 9.94. The quantitative estimate of drug-likeness (QED) is 0.466. The molecule has 2 N–H and O–H groups in total. The highest BCUT2D eigenvalue weighted by Crippen LogP contribution is 2.23. The molecule has 1 aromatic heterocycles. The molecule has 1 heterocycles. The molecule has 0 aliphatic rings. The zero-order chi connectivity index (χ0) is 21.6. The van der Waals surface area contributed by atoms with Gasteiger partial charge in [0, 0.05) is 18.8 Å². The van der Waals surface area contributed by atoms with Gasteiger partial charge in [-0.05, 0) is 30.7 Å². The van der Waals surface area contributed by atoms with E-state index in [0.29, 0.717) is 11.6 Å². The summed E-state index contributed by atoms with van der Waals surface area (Å²) in [6, 6.07) is 5.44. The van der Waals surface area contributed by atoms with E-state index in [9.17, 15) is 30.8 Å². The fraction of sp³-hybridized carbons (Fsp3) is 0.294. The molecule has 2 rings (SSSR count). The van der Waals surface area contributed by atoms with Crippen molar-refractivity contribution >= 4 is 21.6 Å². The van der Waals surface area contributed by atoms with Gasteiger partial charge in [0.25, 0.3) is 0 Å². The summed E-state index contributed by atoms with van der Waals surface area (Å²) in [5.74, 6) is -3.61. The van der Waals surface area contributed by atoms with Crippen LogP contribution in [0, 0.1) is 11.6 Å². The molecule has 0 saturated heterocycles. The van der Waals surface area contributed by atoms with Crippen molar-refractivity contribution in [3.63, 3.8) is 0 Å². The van der Waals surface area contributed by atoms with Gasteiger partial charge >= 0.3 is 12.3 Å². The lowest BCUT2D eigenvalue weighted by Crippen LogP contribution is -2.40. The van der Waals surface area contributed by atoms with Crippen molar-refractivity contribution in [1.29, 1.82) is 0 Å². The Hall–Kier alpha value is -2.73. The third-order valence-corrected chi connectivity index (χ3v) is 5.47. The van der Waals surface area contributed by atoms with Crippen molar-refractivity contribution < 1.29 is 30.8 Å². The predicted octanol–water partition coefficient (Wildman–Crippen LogP) is 2.10. The van der Waals surface area contributed by atoms with Crippen molar-refractivity contribution in [3.8, 4) is 0 Å². The van der Waals surface area contributed by atoms with E-state index in [1.807, 2.05) is 5.43 Å². The zero-order valence-electron chi connectivity index (χ0n) is 15.2. The van der Waals surface area contributed by atoms with Crippen molar-refractivity contribution in [2.45, 2.75) is 26.4 Å². The van der Waals surface area contributed by atoms with Crippen LogP contribution in [0.5, 0.6) is 0 Å². The highest BCUT2D eigenvalue weighted by atomic mass is 32.2. The molecule has 0 radical (unpaired) electrons. The summed E-state index contributed by atoms with van der Waals surface area (Å²) in [7, 11) is -3.86. The average Bonchev–Trinajstić information content (AvgIpc) is 2.66. The molecule has 0 unspecified atom stereocenters. The first-order chi connectivity index (χ1) is 13.6. The molecule has 0 bridgehead atoms. The van der Waals surface area contributed by atoms with Gasteiger partial charge in [0.05, 0.1) is 23.7 Å². The minimum Gasteiger partial charge on any atom is -0.286 e. The number of anilines is 1. The number of aromatic nitrogens is 1. The summed E-state index contributed by atoms with van der Waals surface area (Å²) in [5.41, 5.74) is 4.75. The molecule has 1 amide bonds. The molecule has 0 atom stereocenters. The number of rotatable bonds is 9. The maximum Gasteiger partial charge on any atom is 0.316 e. The summed E-state index contributed by atoms with van der Waals surface area (Å²) in [6.07, 6.45) is -1.80. The fourth-order valence-electron chi connectivity index (χ4n) is 2.28. The van der Waals surface area contributed by atoms with Gasteiger partial charge in [0.15, 0.2) is 0 Å². The number of pyridine rings is 1. The Balaban J connectivity index is 2.14. The van der Waals surface area contributed by atoms with Crippen LogP contribution < -0.4 is 15.2 Å². The molecule has 0 saturated carbocycles. The topological polar surface area (TPSA) is 91.4 Å². The number of sulfonamides is 1. The molecular weight excluding hydrogens is 416 g/mol.